The average Bonchev–Trinajstić information content (AvgIpc) is 1.96. The molecular formula is C8H5BrFN. The van der Waals surface area contributed by atoms with Crippen LogP contribution in [0.2, 0.25) is 0 Å². The first-order chi connectivity index (χ1) is 5.15. The highest BCUT2D eigenvalue weighted by atomic mass is 79.9. The molecule has 0 fully saturated rings. The van der Waals surface area contributed by atoms with Crippen molar-refractivity contribution in [1.82, 2.24) is 0 Å². The van der Waals surface area contributed by atoms with Crippen LogP contribution in [0.15, 0.2) is 16.6 Å². The average molecular weight is 214 g/mol. The van der Waals surface area contributed by atoms with E-state index in [2.05, 4.69) is 15.9 Å². The molecule has 56 valence electrons. The summed E-state index contributed by atoms with van der Waals surface area (Å²) in [6.07, 6.45) is 0. The molecule has 0 aliphatic rings. The summed E-state index contributed by atoms with van der Waals surface area (Å²) in [4.78, 5) is 0. The van der Waals surface area contributed by atoms with Gasteiger partial charge in [0.2, 0.25) is 0 Å². The van der Waals surface area contributed by atoms with E-state index in [1.54, 1.807) is 13.0 Å². The molecule has 1 nitrogen and oxygen atoms in total. The fraction of sp³-hybridized carbons (Fsp3) is 0.125. The largest absolute Gasteiger partial charge is 0.206 e. The summed E-state index contributed by atoms with van der Waals surface area (Å²) >= 11 is 2.98. The highest BCUT2D eigenvalue weighted by Gasteiger charge is 2.05. The van der Waals surface area contributed by atoms with Crippen molar-refractivity contribution < 1.29 is 4.39 Å². The second kappa shape index (κ2) is 3.02. The maximum atomic E-state index is 12.8. The number of hydrogen-bond acceptors (Lipinski definition) is 1. The van der Waals surface area contributed by atoms with Gasteiger partial charge >= 0.3 is 0 Å². The number of halogens is 2. The molecule has 0 amide bonds. The fourth-order valence-corrected chi connectivity index (χ4v) is 1.12. The predicted molar refractivity (Wildman–Crippen MR) is 43.6 cm³/mol. The number of nitrogens with zero attached hydrogens (tertiary/aromatic N) is 1. The van der Waals surface area contributed by atoms with E-state index in [1.807, 2.05) is 6.07 Å². The molecule has 0 aliphatic carbocycles. The molecule has 0 unspecified atom stereocenters. The molecule has 0 aromatic heterocycles. The lowest BCUT2D eigenvalue weighted by molar-refractivity contribution is 0.619. The number of rotatable bonds is 0. The van der Waals surface area contributed by atoms with Crippen LogP contribution in [0.3, 0.4) is 0 Å². The first-order valence-corrected chi connectivity index (χ1v) is 3.80. The molecule has 0 atom stereocenters. The zero-order valence-corrected chi connectivity index (χ0v) is 7.44. The van der Waals surface area contributed by atoms with Crippen molar-refractivity contribution in [2.75, 3.05) is 0 Å². The summed E-state index contributed by atoms with van der Waals surface area (Å²) in [6, 6.07) is 4.90. The molecule has 11 heavy (non-hydrogen) atoms. The normalized spacial score (nSPS) is 9.27. The Hall–Kier alpha value is -0.880. The van der Waals surface area contributed by atoms with Gasteiger partial charge in [-0.25, -0.2) is 4.39 Å². The van der Waals surface area contributed by atoms with Crippen LogP contribution in [0.4, 0.5) is 4.39 Å². The van der Waals surface area contributed by atoms with Crippen molar-refractivity contribution in [1.29, 1.82) is 5.26 Å². The van der Waals surface area contributed by atoms with E-state index in [-0.39, 0.29) is 10.3 Å². The van der Waals surface area contributed by atoms with Gasteiger partial charge in [0.15, 0.2) is 0 Å². The zero-order valence-electron chi connectivity index (χ0n) is 5.86. The minimum atomic E-state index is -0.387. The van der Waals surface area contributed by atoms with Crippen LogP contribution < -0.4 is 0 Å². The van der Waals surface area contributed by atoms with Crippen LogP contribution in [-0.2, 0) is 0 Å². The lowest BCUT2D eigenvalue weighted by Gasteiger charge is -1.98. The van der Waals surface area contributed by atoms with E-state index in [9.17, 15) is 4.39 Å². The summed E-state index contributed by atoms with van der Waals surface area (Å²) in [6.45, 7) is 1.75. The zero-order chi connectivity index (χ0) is 8.43. The lowest BCUT2D eigenvalue weighted by Crippen LogP contribution is -1.85. The van der Waals surface area contributed by atoms with Gasteiger partial charge in [-0.2, -0.15) is 5.26 Å². The molecule has 0 saturated heterocycles. The molecule has 0 radical (unpaired) electrons. The highest BCUT2D eigenvalue weighted by Crippen LogP contribution is 2.21. The van der Waals surface area contributed by atoms with Crippen LogP contribution in [0.1, 0.15) is 11.1 Å². The number of benzene rings is 1. The van der Waals surface area contributed by atoms with Gasteiger partial charge in [-0.3, -0.25) is 0 Å². The molecule has 0 saturated carbocycles. The SMILES string of the molecule is Cc1cc(F)c(Br)c(C#N)c1. The van der Waals surface area contributed by atoms with Crippen molar-refractivity contribution in [3.63, 3.8) is 0 Å². The Balaban J connectivity index is 3.39. The molecule has 0 aliphatic heterocycles. The van der Waals surface area contributed by atoms with Gasteiger partial charge in [-0.1, -0.05) is 0 Å². The Morgan fingerprint density at radius 1 is 1.55 bits per heavy atom. The third-order valence-electron chi connectivity index (χ3n) is 1.29. The third-order valence-corrected chi connectivity index (χ3v) is 2.10. The highest BCUT2D eigenvalue weighted by molar-refractivity contribution is 9.10. The summed E-state index contributed by atoms with van der Waals surface area (Å²) in [5.41, 5.74) is 1.09. The van der Waals surface area contributed by atoms with Crippen molar-refractivity contribution in [3.8, 4) is 6.07 Å². The molecule has 1 aromatic rings. The summed E-state index contributed by atoms with van der Waals surface area (Å²) < 4.78 is 13.1. The molecule has 1 rings (SSSR count). The van der Waals surface area contributed by atoms with Gasteiger partial charge in [-0.15, -0.1) is 0 Å². The first-order valence-electron chi connectivity index (χ1n) is 3.01. The maximum Gasteiger partial charge on any atom is 0.138 e. The fourth-order valence-electron chi connectivity index (χ4n) is 0.806. The van der Waals surface area contributed by atoms with E-state index in [0.717, 1.165) is 5.56 Å². The smallest absolute Gasteiger partial charge is 0.138 e. The van der Waals surface area contributed by atoms with E-state index in [4.69, 9.17) is 5.26 Å². The Morgan fingerprint density at radius 2 is 2.18 bits per heavy atom. The Labute approximate surface area is 72.6 Å². The quantitative estimate of drug-likeness (QED) is 0.651. The summed E-state index contributed by atoms with van der Waals surface area (Å²) in [5, 5.41) is 8.52. The molecule has 0 heterocycles. The van der Waals surface area contributed by atoms with Crippen LogP contribution in [0.5, 0.6) is 0 Å². The third kappa shape index (κ3) is 1.58. The second-order valence-corrected chi connectivity index (χ2v) is 3.01. The van der Waals surface area contributed by atoms with E-state index in [1.165, 1.54) is 6.07 Å². The van der Waals surface area contributed by atoms with E-state index in [0.29, 0.717) is 5.56 Å². The lowest BCUT2D eigenvalue weighted by atomic mass is 10.1. The van der Waals surface area contributed by atoms with E-state index < -0.39 is 0 Å². The van der Waals surface area contributed by atoms with Crippen LogP contribution in [0.25, 0.3) is 0 Å². The summed E-state index contributed by atoms with van der Waals surface area (Å²) in [5.74, 6) is -0.387. The Bertz CT molecular complexity index is 328. The predicted octanol–water partition coefficient (Wildman–Crippen LogP) is 2.77. The molecule has 0 spiro atoms. The van der Waals surface area contributed by atoms with Crippen molar-refractivity contribution in [3.05, 3.63) is 33.5 Å². The topological polar surface area (TPSA) is 23.8 Å². The van der Waals surface area contributed by atoms with Gasteiger partial charge in [-0.05, 0) is 40.5 Å². The number of nitriles is 1. The van der Waals surface area contributed by atoms with Gasteiger partial charge in [0, 0.05) is 0 Å². The Morgan fingerprint density at radius 3 is 2.73 bits per heavy atom. The van der Waals surface area contributed by atoms with Crippen LogP contribution in [-0.4, -0.2) is 0 Å². The van der Waals surface area contributed by atoms with Gasteiger partial charge < -0.3 is 0 Å². The molecule has 0 bridgehead atoms. The molecule has 0 N–H and O–H groups in total. The maximum absolute atomic E-state index is 12.8. The Kier molecular flexibility index (Phi) is 2.25. The number of aryl methyl sites for hydroxylation is 1. The minimum Gasteiger partial charge on any atom is -0.206 e. The molecule has 3 heteroatoms. The van der Waals surface area contributed by atoms with Gasteiger partial charge in [0.05, 0.1) is 10.0 Å². The van der Waals surface area contributed by atoms with Crippen LogP contribution >= 0.6 is 15.9 Å². The van der Waals surface area contributed by atoms with Gasteiger partial charge in [0.1, 0.15) is 11.9 Å². The van der Waals surface area contributed by atoms with Crippen molar-refractivity contribution in [2.24, 2.45) is 0 Å². The standard InChI is InChI=1S/C8H5BrFN/c1-5-2-6(4-11)8(9)7(10)3-5/h2-3H,1H3. The molecule has 1 aromatic carbocycles. The monoisotopic (exact) mass is 213 g/mol. The second-order valence-electron chi connectivity index (χ2n) is 2.22. The van der Waals surface area contributed by atoms with Crippen molar-refractivity contribution in [2.45, 2.75) is 6.92 Å². The van der Waals surface area contributed by atoms with E-state index >= 15 is 0 Å². The molecular weight excluding hydrogens is 209 g/mol. The number of hydrogen-bond donors (Lipinski definition) is 0. The van der Waals surface area contributed by atoms with Crippen LogP contribution in [0, 0.1) is 24.1 Å². The van der Waals surface area contributed by atoms with Gasteiger partial charge in [0.25, 0.3) is 0 Å². The first kappa shape index (κ1) is 8.22. The van der Waals surface area contributed by atoms with Crippen molar-refractivity contribution >= 4 is 15.9 Å². The summed E-state index contributed by atoms with van der Waals surface area (Å²) in [7, 11) is 0. The minimum absolute atomic E-state index is 0.241.